The number of ether oxygens (including phenoxy) is 2. The highest BCUT2D eigenvalue weighted by molar-refractivity contribution is 6.46. The molecule has 1 aromatic heterocycles. The third kappa shape index (κ3) is 4.29. The Bertz CT molecular complexity index is 1200. The molecule has 188 valence electrons. The van der Waals surface area contributed by atoms with Crippen LogP contribution in [0, 0.1) is 0 Å². The first-order chi connectivity index (χ1) is 17.5. The summed E-state index contributed by atoms with van der Waals surface area (Å²) in [7, 11) is 0. The van der Waals surface area contributed by atoms with Gasteiger partial charge in [0.2, 0.25) is 0 Å². The van der Waals surface area contributed by atoms with Crippen LogP contribution in [-0.4, -0.2) is 70.0 Å². The number of hydrogen-bond donors (Lipinski definition) is 1. The fourth-order valence-electron chi connectivity index (χ4n) is 5.30. The lowest BCUT2D eigenvalue weighted by atomic mass is 9.93. The molecule has 1 N–H and O–H groups in total. The van der Waals surface area contributed by atoms with Crippen LogP contribution in [0.3, 0.4) is 0 Å². The zero-order valence-corrected chi connectivity index (χ0v) is 20.2. The second-order valence-electron chi connectivity index (χ2n) is 9.18. The summed E-state index contributed by atoms with van der Waals surface area (Å²) >= 11 is 0. The van der Waals surface area contributed by atoms with Crippen LogP contribution in [0.5, 0.6) is 5.75 Å². The van der Waals surface area contributed by atoms with Crippen LogP contribution in [-0.2, 0) is 20.7 Å². The van der Waals surface area contributed by atoms with E-state index in [1.54, 1.807) is 53.4 Å². The number of fused-ring (bicyclic) bond motifs is 1. The average molecular weight is 492 g/mol. The molecule has 1 atom stereocenters. The van der Waals surface area contributed by atoms with E-state index in [4.69, 9.17) is 9.47 Å². The summed E-state index contributed by atoms with van der Waals surface area (Å²) < 4.78 is 10.8. The highest BCUT2D eigenvalue weighted by Gasteiger charge is 2.49. The number of nitrogens with zero attached hydrogens (tertiary/aromatic N) is 3. The second-order valence-corrected chi connectivity index (χ2v) is 9.18. The number of carbonyl (C=O) groups excluding carboxylic acids is 3. The van der Waals surface area contributed by atoms with Crippen LogP contribution >= 0.6 is 0 Å². The minimum absolute atomic E-state index is 0.0532. The zero-order valence-electron chi connectivity index (χ0n) is 20.2. The number of carbonyl (C=O) groups is 3. The number of ketones is 1. The number of likely N-dealkylation sites (tertiary alicyclic amines) is 2. The molecule has 0 aliphatic carbocycles. The maximum Gasteiger partial charge on any atom is 0.409 e. The summed E-state index contributed by atoms with van der Waals surface area (Å²) in [4.78, 5) is 46.3. The van der Waals surface area contributed by atoms with Crippen LogP contribution in [0.1, 0.15) is 48.9 Å². The van der Waals surface area contributed by atoms with E-state index in [-0.39, 0.29) is 23.5 Å². The number of benzene rings is 1. The number of Topliss-reactive ketones (excluding diaryl/α,β-unsaturated/α-hetero) is 1. The lowest BCUT2D eigenvalue weighted by Gasteiger charge is -2.38. The van der Waals surface area contributed by atoms with Gasteiger partial charge in [-0.2, -0.15) is 0 Å². The van der Waals surface area contributed by atoms with Crippen LogP contribution in [0.25, 0.3) is 5.76 Å². The summed E-state index contributed by atoms with van der Waals surface area (Å²) in [5.41, 5.74) is 2.14. The monoisotopic (exact) mass is 491 g/mol. The smallest absolute Gasteiger partial charge is 0.409 e. The van der Waals surface area contributed by atoms with Crippen LogP contribution in [0.15, 0.2) is 48.3 Å². The van der Waals surface area contributed by atoms with E-state index in [9.17, 15) is 19.5 Å². The minimum Gasteiger partial charge on any atom is -0.507 e. The topological polar surface area (TPSA) is 109 Å². The van der Waals surface area contributed by atoms with Crippen LogP contribution in [0.2, 0.25) is 0 Å². The van der Waals surface area contributed by atoms with Crippen molar-refractivity contribution < 1.29 is 29.0 Å². The molecular formula is C27H29N3O6. The van der Waals surface area contributed by atoms with Gasteiger partial charge in [-0.1, -0.05) is 6.07 Å². The molecule has 36 heavy (non-hydrogen) atoms. The normalized spacial score (nSPS) is 21.8. The SMILES string of the molecule is CCOC(=O)N1CCC(N2C(=O)C(=O)/C(=C(\O)c3ccc4c(c3)CCCO4)C2c2cccnc2)CC1. The second kappa shape index (κ2) is 10.0. The van der Waals surface area contributed by atoms with Gasteiger partial charge in [-0.15, -0.1) is 0 Å². The fourth-order valence-corrected chi connectivity index (χ4v) is 5.30. The highest BCUT2D eigenvalue weighted by Crippen LogP contribution is 2.42. The van der Waals surface area contributed by atoms with E-state index in [0.29, 0.717) is 50.3 Å². The molecule has 0 bridgehead atoms. The number of hydrogen-bond acceptors (Lipinski definition) is 7. The fraction of sp³-hybridized carbons (Fsp3) is 0.407. The first-order valence-electron chi connectivity index (χ1n) is 12.4. The Kier molecular flexibility index (Phi) is 6.63. The van der Waals surface area contributed by atoms with Gasteiger partial charge >= 0.3 is 6.09 Å². The van der Waals surface area contributed by atoms with Gasteiger partial charge in [0.25, 0.3) is 11.7 Å². The predicted octanol–water partition coefficient (Wildman–Crippen LogP) is 3.45. The van der Waals surface area contributed by atoms with Crippen molar-refractivity contribution in [3.8, 4) is 5.75 Å². The van der Waals surface area contributed by atoms with Crippen molar-refractivity contribution in [2.24, 2.45) is 0 Å². The molecule has 5 rings (SSSR count). The molecular weight excluding hydrogens is 462 g/mol. The van der Waals surface area contributed by atoms with Crippen molar-refractivity contribution in [2.45, 2.75) is 44.7 Å². The number of aliphatic hydroxyl groups is 1. The Balaban J connectivity index is 1.51. The van der Waals surface area contributed by atoms with E-state index in [0.717, 1.165) is 24.2 Å². The van der Waals surface area contributed by atoms with Crippen molar-refractivity contribution in [1.29, 1.82) is 0 Å². The van der Waals surface area contributed by atoms with Gasteiger partial charge < -0.3 is 24.4 Å². The van der Waals surface area contributed by atoms with Crippen molar-refractivity contribution >= 4 is 23.5 Å². The van der Waals surface area contributed by atoms with Gasteiger partial charge in [-0.25, -0.2) is 4.79 Å². The van der Waals surface area contributed by atoms with Crippen LogP contribution < -0.4 is 4.74 Å². The highest BCUT2D eigenvalue weighted by atomic mass is 16.6. The standard InChI is InChI=1S/C27H29N3O6/c1-2-35-27(34)29-12-9-20(10-13-29)30-23(19-5-3-11-28-16-19)22(25(32)26(30)33)24(31)18-7-8-21-17(15-18)6-4-14-36-21/h3,5,7-8,11,15-16,20,23,31H,2,4,6,9-10,12-14H2,1H3/b24-22-. The molecule has 0 radical (unpaired) electrons. The van der Waals surface area contributed by atoms with Gasteiger partial charge in [0, 0.05) is 37.1 Å². The third-order valence-corrected chi connectivity index (χ3v) is 7.05. The summed E-state index contributed by atoms with van der Waals surface area (Å²) in [6.45, 7) is 3.53. The molecule has 1 unspecified atom stereocenters. The van der Waals surface area contributed by atoms with Crippen molar-refractivity contribution in [3.05, 3.63) is 65.0 Å². The van der Waals surface area contributed by atoms with Crippen LogP contribution in [0.4, 0.5) is 4.79 Å². The maximum absolute atomic E-state index is 13.4. The molecule has 2 saturated heterocycles. The molecule has 2 aromatic rings. The van der Waals surface area contributed by atoms with E-state index in [1.165, 1.54) is 0 Å². The Morgan fingerprint density at radius 2 is 2.03 bits per heavy atom. The maximum atomic E-state index is 13.4. The molecule has 2 amide bonds. The van der Waals surface area contributed by atoms with E-state index < -0.39 is 17.7 Å². The Labute approximate surface area is 209 Å². The van der Waals surface area contributed by atoms with Gasteiger partial charge in [-0.05, 0) is 68.0 Å². The summed E-state index contributed by atoms with van der Waals surface area (Å²) in [6, 6.07) is 7.84. The van der Waals surface area contributed by atoms with Crippen molar-refractivity contribution in [2.75, 3.05) is 26.3 Å². The number of pyridine rings is 1. The Morgan fingerprint density at radius 3 is 2.75 bits per heavy atom. The Morgan fingerprint density at radius 1 is 1.22 bits per heavy atom. The molecule has 9 nitrogen and oxygen atoms in total. The predicted molar refractivity (Wildman–Crippen MR) is 130 cm³/mol. The van der Waals surface area contributed by atoms with E-state index >= 15 is 0 Å². The van der Waals surface area contributed by atoms with Gasteiger partial charge in [-0.3, -0.25) is 14.6 Å². The minimum atomic E-state index is -0.773. The molecule has 4 heterocycles. The summed E-state index contributed by atoms with van der Waals surface area (Å²) in [6.07, 6.45) is 5.55. The third-order valence-electron chi connectivity index (χ3n) is 7.05. The van der Waals surface area contributed by atoms with E-state index in [2.05, 4.69) is 4.98 Å². The summed E-state index contributed by atoms with van der Waals surface area (Å²) in [5.74, 6) is -0.804. The lowest BCUT2D eigenvalue weighted by molar-refractivity contribution is -0.142. The molecule has 3 aliphatic heterocycles. The molecule has 2 fully saturated rings. The lowest BCUT2D eigenvalue weighted by Crippen LogP contribution is -2.48. The number of amides is 2. The van der Waals surface area contributed by atoms with E-state index in [1.807, 2.05) is 6.07 Å². The largest absolute Gasteiger partial charge is 0.507 e. The number of rotatable bonds is 4. The first-order valence-corrected chi connectivity index (χ1v) is 12.4. The molecule has 3 aliphatic rings. The van der Waals surface area contributed by atoms with Gasteiger partial charge in [0.15, 0.2) is 0 Å². The first kappa shape index (κ1) is 23.8. The Hall–Kier alpha value is -3.88. The molecule has 9 heteroatoms. The van der Waals surface area contributed by atoms with Gasteiger partial charge in [0.05, 0.1) is 24.8 Å². The number of aliphatic hydroxyl groups excluding tert-OH is 1. The quantitative estimate of drug-likeness (QED) is 0.396. The van der Waals surface area contributed by atoms with Gasteiger partial charge in [0.1, 0.15) is 11.5 Å². The zero-order chi connectivity index (χ0) is 25.2. The molecule has 0 spiro atoms. The van der Waals surface area contributed by atoms with Crippen molar-refractivity contribution in [3.63, 3.8) is 0 Å². The average Bonchev–Trinajstić information content (AvgIpc) is 3.18. The molecule has 1 aromatic carbocycles. The van der Waals surface area contributed by atoms with Crippen molar-refractivity contribution in [1.82, 2.24) is 14.8 Å². The number of piperidine rings is 1. The number of aromatic nitrogens is 1. The summed E-state index contributed by atoms with van der Waals surface area (Å²) in [5, 5.41) is 11.4. The molecule has 0 saturated carbocycles. The number of aryl methyl sites for hydroxylation is 1.